The van der Waals surface area contributed by atoms with Crippen molar-refractivity contribution < 1.29 is 19.4 Å². The summed E-state index contributed by atoms with van der Waals surface area (Å²) in [5.41, 5.74) is 1.39. The number of hydrogen-bond acceptors (Lipinski definition) is 9. The molecule has 1 aromatic carbocycles. The minimum absolute atomic E-state index is 0.136. The summed E-state index contributed by atoms with van der Waals surface area (Å²) < 4.78 is 8.60. The number of aliphatic hydroxyl groups excluding tert-OH is 1. The lowest BCUT2D eigenvalue weighted by Crippen LogP contribution is -2.25. The van der Waals surface area contributed by atoms with Gasteiger partial charge >= 0.3 is 0 Å². The van der Waals surface area contributed by atoms with E-state index in [0.29, 0.717) is 44.0 Å². The molecule has 0 saturated heterocycles. The number of pyridine rings is 1. The summed E-state index contributed by atoms with van der Waals surface area (Å²) >= 11 is 8.79. The molecule has 4 aromatic heterocycles. The fourth-order valence-corrected chi connectivity index (χ4v) is 5.69. The standard InChI is InChI=1S/C28H23ClN4O5S2/c1-38-27-12-19(11-26(36)32(27)15-22(35)23-3-2-10-39-23)21-13-25(30-14-20-8-9-24(29)40-20)33(31-21)28(37)18-6-4-17(16-34)5-7-18/h2-13,30,34H,14-16H2,1H3. The highest BCUT2D eigenvalue weighted by Crippen LogP contribution is 2.27. The Bertz CT molecular complexity index is 1720. The fourth-order valence-electron chi connectivity index (χ4n) is 4.01. The number of hydrogen-bond donors (Lipinski definition) is 2. The van der Waals surface area contributed by atoms with Crippen LogP contribution in [0, 0.1) is 0 Å². The van der Waals surface area contributed by atoms with Crippen LogP contribution in [-0.4, -0.2) is 38.3 Å². The van der Waals surface area contributed by atoms with Crippen molar-refractivity contribution in [2.45, 2.75) is 19.7 Å². The molecule has 2 N–H and O–H groups in total. The smallest absolute Gasteiger partial charge is 0.280 e. The third-order valence-corrected chi connectivity index (χ3v) is 8.19. The van der Waals surface area contributed by atoms with Crippen molar-refractivity contribution in [3.8, 4) is 17.1 Å². The monoisotopic (exact) mass is 594 g/mol. The number of ketones is 1. The first-order chi connectivity index (χ1) is 19.4. The molecule has 9 nitrogen and oxygen atoms in total. The number of methoxy groups -OCH3 is 1. The number of aliphatic hydroxyl groups is 1. The molecule has 5 aromatic rings. The van der Waals surface area contributed by atoms with Crippen LogP contribution in [-0.2, 0) is 19.7 Å². The van der Waals surface area contributed by atoms with Crippen molar-refractivity contribution in [1.29, 1.82) is 0 Å². The molecule has 0 saturated carbocycles. The van der Waals surface area contributed by atoms with Gasteiger partial charge in [0, 0.05) is 34.2 Å². The zero-order valence-electron chi connectivity index (χ0n) is 21.2. The van der Waals surface area contributed by atoms with E-state index >= 15 is 0 Å². The SMILES string of the molecule is COc1cc(-c2cc(NCc3ccc(Cl)s3)n(C(=O)c3ccc(CO)cc3)n2)cc(=O)n1CC(=O)c1cccs1. The molecule has 0 amide bonds. The molecule has 0 aliphatic carbocycles. The molecule has 204 valence electrons. The molecule has 40 heavy (non-hydrogen) atoms. The van der Waals surface area contributed by atoms with Crippen LogP contribution >= 0.6 is 34.3 Å². The van der Waals surface area contributed by atoms with E-state index in [4.69, 9.17) is 16.3 Å². The van der Waals surface area contributed by atoms with Gasteiger partial charge in [-0.3, -0.25) is 19.0 Å². The van der Waals surface area contributed by atoms with Crippen LogP contribution in [0.3, 0.4) is 0 Å². The van der Waals surface area contributed by atoms with Gasteiger partial charge in [-0.1, -0.05) is 29.8 Å². The number of aromatic nitrogens is 3. The van der Waals surface area contributed by atoms with Crippen molar-refractivity contribution in [2.75, 3.05) is 12.4 Å². The van der Waals surface area contributed by atoms with Crippen LogP contribution in [0.1, 0.15) is 30.5 Å². The minimum atomic E-state index is -0.442. The van der Waals surface area contributed by atoms with Crippen molar-refractivity contribution in [2.24, 2.45) is 0 Å². The number of rotatable bonds is 10. The average Bonchev–Trinajstić information content (AvgIpc) is 3.74. The predicted molar refractivity (Wildman–Crippen MR) is 156 cm³/mol. The van der Waals surface area contributed by atoms with Gasteiger partial charge in [0.2, 0.25) is 0 Å². The second-order valence-corrected chi connectivity index (χ2v) is 11.4. The van der Waals surface area contributed by atoms with E-state index < -0.39 is 11.5 Å². The summed E-state index contributed by atoms with van der Waals surface area (Å²) in [6.07, 6.45) is 0. The normalized spacial score (nSPS) is 11.0. The van der Waals surface area contributed by atoms with Crippen LogP contribution in [0.25, 0.3) is 11.3 Å². The van der Waals surface area contributed by atoms with E-state index in [1.54, 1.807) is 60.0 Å². The predicted octanol–water partition coefficient (Wildman–Crippen LogP) is 5.17. The second-order valence-electron chi connectivity index (χ2n) is 8.66. The van der Waals surface area contributed by atoms with Crippen LogP contribution < -0.4 is 15.6 Å². The highest BCUT2D eigenvalue weighted by molar-refractivity contribution is 7.16. The molecular formula is C28H23ClN4O5S2. The quantitative estimate of drug-likeness (QED) is 0.214. The number of thiophene rings is 2. The third kappa shape index (κ3) is 5.92. The molecule has 0 aliphatic rings. The van der Waals surface area contributed by atoms with Gasteiger partial charge in [0.05, 0.1) is 41.7 Å². The van der Waals surface area contributed by atoms with Gasteiger partial charge < -0.3 is 15.2 Å². The summed E-state index contributed by atoms with van der Waals surface area (Å²) in [5, 5.41) is 18.9. The maximum atomic E-state index is 13.5. The van der Waals surface area contributed by atoms with Gasteiger partial charge in [-0.05, 0) is 41.3 Å². The van der Waals surface area contributed by atoms with Crippen LogP contribution in [0.4, 0.5) is 5.82 Å². The summed E-state index contributed by atoms with van der Waals surface area (Å²) in [7, 11) is 1.42. The molecule has 0 unspecified atom stereocenters. The number of carbonyl (C=O) groups excluding carboxylic acids is 2. The number of Topliss-reactive ketones (excluding diaryl/α,β-unsaturated/α-hetero) is 1. The van der Waals surface area contributed by atoms with Crippen molar-refractivity contribution in [3.63, 3.8) is 0 Å². The molecule has 0 radical (unpaired) electrons. The number of halogens is 1. The summed E-state index contributed by atoms with van der Waals surface area (Å²) in [6, 6.07) is 18.4. The average molecular weight is 595 g/mol. The zero-order chi connectivity index (χ0) is 28.2. The number of nitrogens with one attached hydrogen (secondary N) is 1. The zero-order valence-corrected chi connectivity index (χ0v) is 23.6. The summed E-state index contributed by atoms with van der Waals surface area (Å²) in [4.78, 5) is 40.7. The third-order valence-electron chi connectivity index (χ3n) is 6.05. The van der Waals surface area contributed by atoms with E-state index in [9.17, 15) is 19.5 Å². The maximum absolute atomic E-state index is 13.5. The van der Waals surface area contributed by atoms with E-state index in [0.717, 1.165) is 4.88 Å². The molecular weight excluding hydrogens is 572 g/mol. The Morgan fingerprint density at radius 3 is 2.55 bits per heavy atom. The summed E-state index contributed by atoms with van der Waals surface area (Å²) in [5.74, 6) is -0.00269. The van der Waals surface area contributed by atoms with Crippen LogP contribution in [0.15, 0.2) is 76.9 Å². The lowest BCUT2D eigenvalue weighted by atomic mass is 10.1. The van der Waals surface area contributed by atoms with Gasteiger partial charge in [-0.15, -0.1) is 22.7 Å². The van der Waals surface area contributed by atoms with E-state index in [1.807, 2.05) is 6.07 Å². The van der Waals surface area contributed by atoms with E-state index in [-0.39, 0.29) is 24.8 Å². The van der Waals surface area contributed by atoms with Crippen LogP contribution in [0.5, 0.6) is 5.88 Å². The number of nitrogens with zero attached hydrogens (tertiary/aromatic N) is 3. The molecule has 12 heteroatoms. The number of ether oxygens (including phenoxy) is 1. The Morgan fingerprint density at radius 2 is 1.90 bits per heavy atom. The lowest BCUT2D eigenvalue weighted by Gasteiger charge is -2.11. The van der Waals surface area contributed by atoms with Crippen molar-refractivity contribution in [1.82, 2.24) is 14.3 Å². The van der Waals surface area contributed by atoms with Gasteiger partial charge in [0.25, 0.3) is 11.5 Å². The Morgan fingerprint density at radius 1 is 1.10 bits per heavy atom. The van der Waals surface area contributed by atoms with Crippen LogP contribution in [0.2, 0.25) is 4.34 Å². The van der Waals surface area contributed by atoms with Crippen molar-refractivity contribution in [3.05, 3.63) is 108 Å². The molecule has 0 aliphatic heterocycles. The molecule has 5 rings (SSSR count). The first kappa shape index (κ1) is 27.5. The number of anilines is 1. The first-order valence-corrected chi connectivity index (χ1v) is 14.1. The molecule has 0 atom stereocenters. The van der Waals surface area contributed by atoms with Gasteiger partial charge in [-0.2, -0.15) is 9.78 Å². The Balaban J connectivity index is 1.50. The van der Waals surface area contributed by atoms with Crippen molar-refractivity contribution >= 4 is 51.8 Å². The first-order valence-electron chi connectivity index (χ1n) is 12.0. The van der Waals surface area contributed by atoms with Gasteiger partial charge in [0.1, 0.15) is 5.82 Å². The number of benzene rings is 1. The second kappa shape index (κ2) is 12.0. The Kier molecular flexibility index (Phi) is 8.27. The van der Waals surface area contributed by atoms with Gasteiger partial charge in [0.15, 0.2) is 11.7 Å². The Labute approximate surface area is 241 Å². The molecule has 0 bridgehead atoms. The topological polar surface area (TPSA) is 115 Å². The lowest BCUT2D eigenvalue weighted by molar-refractivity contribution is 0.0945. The van der Waals surface area contributed by atoms with Gasteiger partial charge in [-0.25, -0.2) is 0 Å². The molecule has 0 spiro atoms. The Hall–Kier alpha value is -4.03. The number of carbonyl (C=O) groups is 2. The van der Waals surface area contributed by atoms with E-state index in [2.05, 4.69) is 10.4 Å². The highest BCUT2D eigenvalue weighted by Gasteiger charge is 2.20. The minimum Gasteiger partial charge on any atom is -0.482 e. The summed E-state index contributed by atoms with van der Waals surface area (Å²) in [6.45, 7) is 0.0909. The molecule has 0 fully saturated rings. The maximum Gasteiger partial charge on any atom is 0.280 e. The highest BCUT2D eigenvalue weighted by atomic mass is 35.5. The molecule has 4 heterocycles. The largest absolute Gasteiger partial charge is 0.482 e. The van der Waals surface area contributed by atoms with E-state index in [1.165, 1.54) is 45.1 Å². The fraction of sp³-hybridized carbons (Fsp3) is 0.143.